The van der Waals surface area contributed by atoms with Gasteiger partial charge in [-0.05, 0) is 49.7 Å². The van der Waals surface area contributed by atoms with Crippen molar-refractivity contribution >= 4 is 28.5 Å². The van der Waals surface area contributed by atoms with Crippen molar-refractivity contribution in [2.45, 2.75) is 20.4 Å². The highest BCUT2D eigenvalue weighted by Gasteiger charge is 2.12. The summed E-state index contributed by atoms with van der Waals surface area (Å²) < 4.78 is 14.1. The number of hydrogen-bond acceptors (Lipinski definition) is 5. The average Bonchev–Trinajstić information content (AvgIpc) is 3.03. The van der Waals surface area contributed by atoms with Crippen molar-refractivity contribution in [3.8, 4) is 5.88 Å². The number of aromatic amines is 1. The molecule has 4 aromatic rings. The molecule has 6 nitrogen and oxygen atoms in total. The molecule has 0 aliphatic heterocycles. The number of aliphatic imine (C=N–C) groups is 1. The van der Waals surface area contributed by atoms with Gasteiger partial charge in [0.2, 0.25) is 0 Å². The summed E-state index contributed by atoms with van der Waals surface area (Å²) in [5, 5.41) is 13.8. The fraction of sp³-hybridized carbons (Fsp3) is 0.136. The van der Waals surface area contributed by atoms with Crippen LogP contribution in [-0.4, -0.2) is 26.3 Å². The van der Waals surface area contributed by atoms with E-state index in [4.69, 9.17) is 0 Å². The highest BCUT2D eigenvalue weighted by atomic mass is 19.1. The Hall–Kier alpha value is -3.74. The summed E-state index contributed by atoms with van der Waals surface area (Å²) in [5.41, 5.74) is 5.27. The smallest absolute Gasteiger partial charge is 0.198 e. The molecule has 0 aliphatic carbocycles. The van der Waals surface area contributed by atoms with E-state index >= 15 is 0 Å². The maximum Gasteiger partial charge on any atom is 0.198 e. The number of rotatable bonds is 5. The van der Waals surface area contributed by atoms with Crippen LogP contribution in [0.5, 0.6) is 5.88 Å². The lowest BCUT2D eigenvalue weighted by molar-refractivity contribution is 0.457. The Morgan fingerprint density at radius 1 is 1.17 bits per heavy atom. The summed E-state index contributed by atoms with van der Waals surface area (Å²) in [6, 6.07) is 10.4. The number of nitrogens with zero attached hydrogens (tertiary/aromatic N) is 3. The van der Waals surface area contributed by atoms with Crippen LogP contribution in [0.1, 0.15) is 22.5 Å². The lowest BCUT2D eigenvalue weighted by Crippen LogP contribution is -2.03. The van der Waals surface area contributed by atoms with Crippen molar-refractivity contribution in [1.29, 1.82) is 0 Å². The second kappa shape index (κ2) is 7.71. The van der Waals surface area contributed by atoms with Crippen LogP contribution in [0.15, 0.2) is 53.8 Å². The number of aryl methyl sites for hydroxylation is 2. The van der Waals surface area contributed by atoms with Gasteiger partial charge in [-0.3, -0.25) is 15.0 Å². The van der Waals surface area contributed by atoms with Crippen LogP contribution in [0.25, 0.3) is 10.9 Å². The molecule has 0 bridgehead atoms. The number of aromatic nitrogens is 3. The molecule has 29 heavy (non-hydrogen) atoms. The van der Waals surface area contributed by atoms with Gasteiger partial charge in [-0.15, -0.1) is 0 Å². The summed E-state index contributed by atoms with van der Waals surface area (Å²) in [7, 11) is 0. The summed E-state index contributed by atoms with van der Waals surface area (Å²) >= 11 is 0. The lowest BCUT2D eigenvalue weighted by atomic mass is 10.1. The minimum Gasteiger partial charge on any atom is -0.494 e. The van der Waals surface area contributed by atoms with Crippen LogP contribution in [0.2, 0.25) is 0 Å². The van der Waals surface area contributed by atoms with Gasteiger partial charge in [0.1, 0.15) is 5.82 Å². The molecule has 146 valence electrons. The predicted octanol–water partition coefficient (Wildman–Crippen LogP) is 4.78. The molecule has 0 saturated carbocycles. The Balaban J connectivity index is 1.52. The molecule has 0 amide bonds. The van der Waals surface area contributed by atoms with Gasteiger partial charge in [0.15, 0.2) is 5.88 Å². The van der Waals surface area contributed by atoms with Crippen molar-refractivity contribution in [3.05, 3.63) is 77.1 Å². The van der Waals surface area contributed by atoms with E-state index in [0.29, 0.717) is 28.7 Å². The van der Waals surface area contributed by atoms with Gasteiger partial charge in [-0.1, -0.05) is 6.07 Å². The monoisotopic (exact) mass is 389 g/mol. The number of aromatic hydroxyl groups is 1. The van der Waals surface area contributed by atoms with Gasteiger partial charge < -0.3 is 15.4 Å². The second-order valence-corrected chi connectivity index (χ2v) is 6.81. The van der Waals surface area contributed by atoms with Crippen molar-refractivity contribution in [2.75, 3.05) is 5.32 Å². The fourth-order valence-corrected chi connectivity index (χ4v) is 3.10. The van der Waals surface area contributed by atoms with E-state index in [1.165, 1.54) is 12.3 Å². The van der Waals surface area contributed by atoms with Gasteiger partial charge in [0.05, 0.1) is 40.9 Å². The topological polar surface area (TPSA) is 86.2 Å². The average molecular weight is 389 g/mol. The van der Waals surface area contributed by atoms with E-state index in [-0.39, 0.29) is 5.88 Å². The van der Waals surface area contributed by atoms with Crippen LogP contribution < -0.4 is 5.32 Å². The van der Waals surface area contributed by atoms with Crippen LogP contribution in [0, 0.1) is 19.7 Å². The van der Waals surface area contributed by atoms with Crippen LogP contribution in [0.4, 0.5) is 15.8 Å². The first-order valence-corrected chi connectivity index (χ1v) is 9.16. The SMILES string of the molecule is Cc1cnc(CNc2ccc(N=Cc3c(O)[nH]c4cccc(F)c34)cc2C)cn1. The molecule has 4 rings (SSSR count). The Bertz CT molecular complexity index is 1200. The Kier molecular flexibility index (Phi) is 4.95. The Morgan fingerprint density at radius 2 is 2.03 bits per heavy atom. The molecular formula is C22H20FN5O. The van der Waals surface area contributed by atoms with E-state index in [1.807, 2.05) is 32.0 Å². The molecule has 0 fully saturated rings. The van der Waals surface area contributed by atoms with E-state index in [0.717, 1.165) is 22.6 Å². The van der Waals surface area contributed by atoms with Crippen molar-refractivity contribution in [3.63, 3.8) is 0 Å². The van der Waals surface area contributed by atoms with Crippen LogP contribution in [-0.2, 0) is 6.54 Å². The number of halogens is 1. The molecule has 0 atom stereocenters. The van der Waals surface area contributed by atoms with E-state index < -0.39 is 5.82 Å². The number of benzene rings is 2. The largest absolute Gasteiger partial charge is 0.494 e. The zero-order chi connectivity index (χ0) is 20.4. The minimum atomic E-state index is -0.407. The van der Waals surface area contributed by atoms with E-state index in [2.05, 4.69) is 25.3 Å². The second-order valence-electron chi connectivity index (χ2n) is 6.81. The molecule has 7 heteroatoms. The minimum absolute atomic E-state index is 0.108. The third-order valence-electron chi connectivity index (χ3n) is 4.64. The molecule has 2 heterocycles. The molecule has 3 N–H and O–H groups in total. The highest BCUT2D eigenvalue weighted by Crippen LogP contribution is 2.29. The number of nitrogens with one attached hydrogen (secondary N) is 2. The van der Waals surface area contributed by atoms with Gasteiger partial charge in [-0.25, -0.2) is 4.39 Å². The molecule has 0 aliphatic rings. The molecular weight excluding hydrogens is 369 g/mol. The van der Waals surface area contributed by atoms with Crippen LogP contribution >= 0.6 is 0 Å². The van der Waals surface area contributed by atoms with Gasteiger partial charge in [0.25, 0.3) is 0 Å². The normalized spacial score (nSPS) is 11.4. The molecule has 0 radical (unpaired) electrons. The summed E-state index contributed by atoms with van der Waals surface area (Å²) in [6.07, 6.45) is 4.97. The maximum atomic E-state index is 14.1. The molecule has 0 saturated heterocycles. The first-order valence-electron chi connectivity index (χ1n) is 9.16. The predicted molar refractivity (Wildman–Crippen MR) is 112 cm³/mol. The molecule has 2 aromatic carbocycles. The quantitative estimate of drug-likeness (QED) is 0.429. The van der Waals surface area contributed by atoms with Crippen LogP contribution in [0.3, 0.4) is 0 Å². The van der Waals surface area contributed by atoms with Crippen molar-refractivity contribution in [2.24, 2.45) is 4.99 Å². The van der Waals surface area contributed by atoms with Gasteiger partial charge in [0, 0.05) is 23.5 Å². The summed E-state index contributed by atoms with van der Waals surface area (Å²) in [6.45, 7) is 4.45. The third kappa shape index (κ3) is 3.94. The zero-order valence-electron chi connectivity index (χ0n) is 16.1. The first kappa shape index (κ1) is 18.6. The van der Waals surface area contributed by atoms with Crippen molar-refractivity contribution in [1.82, 2.24) is 15.0 Å². The number of H-pyrrole nitrogens is 1. The number of hydrogen-bond donors (Lipinski definition) is 3. The lowest BCUT2D eigenvalue weighted by Gasteiger charge is -2.09. The Labute approximate surface area is 167 Å². The fourth-order valence-electron chi connectivity index (χ4n) is 3.10. The summed E-state index contributed by atoms with van der Waals surface area (Å²) in [5.74, 6) is -0.515. The summed E-state index contributed by atoms with van der Waals surface area (Å²) in [4.78, 5) is 15.7. The maximum absolute atomic E-state index is 14.1. The number of fused-ring (bicyclic) bond motifs is 1. The first-order chi connectivity index (χ1) is 14.0. The highest BCUT2D eigenvalue weighted by molar-refractivity contribution is 6.02. The molecule has 0 unspecified atom stereocenters. The van der Waals surface area contributed by atoms with Gasteiger partial charge >= 0.3 is 0 Å². The molecule has 2 aromatic heterocycles. The van der Waals surface area contributed by atoms with E-state index in [9.17, 15) is 9.50 Å². The Morgan fingerprint density at radius 3 is 2.79 bits per heavy atom. The van der Waals surface area contributed by atoms with Crippen molar-refractivity contribution < 1.29 is 9.50 Å². The number of anilines is 1. The third-order valence-corrected chi connectivity index (χ3v) is 4.64. The zero-order valence-corrected chi connectivity index (χ0v) is 16.1. The van der Waals surface area contributed by atoms with Gasteiger partial charge in [-0.2, -0.15) is 0 Å². The molecule has 0 spiro atoms. The van der Waals surface area contributed by atoms with E-state index in [1.54, 1.807) is 24.5 Å². The standard InChI is InChI=1S/C22H20FN5O/c1-13-8-15(6-7-19(13)27-11-16-10-24-14(2)9-25-16)26-12-17-21-18(23)4-3-5-20(21)28-22(17)29/h3-10,12,27-29H,11H2,1-2H3.